The lowest BCUT2D eigenvalue weighted by Gasteiger charge is -2.21. The van der Waals surface area contributed by atoms with Gasteiger partial charge in [0.1, 0.15) is 45.6 Å². The lowest BCUT2D eigenvalue weighted by Crippen LogP contribution is -2.13. The molecule has 9 heteroatoms. The van der Waals surface area contributed by atoms with Crippen LogP contribution in [0.1, 0.15) is 63.7 Å². The molecule has 0 aromatic heterocycles. The Bertz CT molecular complexity index is 1160. The van der Waals surface area contributed by atoms with Gasteiger partial charge in [-0.3, -0.25) is 9.59 Å². The van der Waals surface area contributed by atoms with Gasteiger partial charge in [-0.2, -0.15) is 0 Å². The lowest BCUT2D eigenvalue weighted by molar-refractivity contribution is 0.0998. The standard InChI is InChI=1S/C24H28O9/c1-9(2)16(27)8-14-20(29)13(21(30)18(12(5)26)22(14)31)7-15-23(32)17(11(4)25)19(28)10(3)24(15)33-6/h16,27-32H,1,7-8H2,2-6H3/t16-/m1/s1. The number of hydrogen-bond donors (Lipinski definition) is 6. The van der Waals surface area contributed by atoms with Crippen molar-refractivity contribution in [3.63, 3.8) is 0 Å². The summed E-state index contributed by atoms with van der Waals surface area (Å²) in [5, 5.41) is 63.5. The molecule has 9 nitrogen and oxygen atoms in total. The zero-order chi connectivity index (χ0) is 25.4. The molecule has 33 heavy (non-hydrogen) atoms. The van der Waals surface area contributed by atoms with Gasteiger partial charge in [-0.05, 0) is 27.7 Å². The normalized spacial score (nSPS) is 11.8. The molecule has 2 aromatic rings. The van der Waals surface area contributed by atoms with Crippen LogP contribution in [0, 0.1) is 6.92 Å². The van der Waals surface area contributed by atoms with E-state index in [2.05, 4.69) is 6.58 Å². The summed E-state index contributed by atoms with van der Waals surface area (Å²) in [5.74, 6) is -4.49. The van der Waals surface area contributed by atoms with E-state index in [0.29, 0.717) is 5.57 Å². The largest absolute Gasteiger partial charge is 0.507 e. The predicted molar refractivity (Wildman–Crippen MR) is 120 cm³/mol. The van der Waals surface area contributed by atoms with Crippen LogP contribution >= 0.6 is 0 Å². The van der Waals surface area contributed by atoms with Gasteiger partial charge in [-0.1, -0.05) is 12.2 Å². The van der Waals surface area contributed by atoms with Crippen LogP contribution in [0.25, 0.3) is 0 Å². The minimum absolute atomic E-state index is 0.00484. The second-order valence-electron chi connectivity index (χ2n) is 7.94. The van der Waals surface area contributed by atoms with Crippen LogP contribution in [0.4, 0.5) is 0 Å². The molecule has 2 rings (SSSR count). The quantitative estimate of drug-likeness (QED) is 0.256. The van der Waals surface area contributed by atoms with Crippen molar-refractivity contribution in [3.8, 4) is 34.5 Å². The Morgan fingerprint density at radius 1 is 0.818 bits per heavy atom. The van der Waals surface area contributed by atoms with Crippen LogP contribution in [0.2, 0.25) is 0 Å². The highest BCUT2D eigenvalue weighted by atomic mass is 16.5. The lowest BCUT2D eigenvalue weighted by atomic mass is 9.89. The van der Waals surface area contributed by atoms with Crippen LogP contribution < -0.4 is 4.74 Å². The van der Waals surface area contributed by atoms with Crippen LogP contribution in [0.15, 0.2) is 12.2 Å². The van der Waals surface area contributed by atoms with E-state index in [-0.39, 0.29) is 40.0 Å². The molecule has 0 amide bonds. The molecule has 1 atom stereocenters. The summed E-state index contributed by atoms with van der Waals surface area (Å²) in [4.78, 5) is 24.2. The van der Waals surface area contributed by atoms with E-state index in [1.165, 1.54) is 21.0 Å². The van der Waals surface area contributed by atoms with Gasteiger partial charge in [-0.25, -0.2) is 0 Å². The van der Waals surface area contributed by atoms with Crippen molar-refractivity contribution < 1.29 is 45.0 Å². The second kappa shape index (κ2) is 9.41. The van der Waals surface area contributed by atoms with E-state index >= 15 is 0 Å². The molecule has 0 aliphatic carbocycles. The fraction of sp³-hybridized carbons (Fsp3) is 0.333. The number of Topliss-reactive ketones (excluding diaryl/α,β-unsaturated/α-hetero) is 2. The summed E-state index contributed by atoms with van der Waals surface area (Å²) in [7, 11) is 1.27. The van der Waals surface area contributed by atoms with Gasteiger partial charge in [0.05, 0.1) is 13.2 Å². The van der Waals surface area contributed by atoms with Crippen molar-refractivity contribution in [3.05, 3.63) is 45.5 Å². The zero-order valence-electron chi connectivity index (χ0n) is 19.1. The molecular formula is C24H28O9. The molecule has 0 unspecified atom stereocenters. The fourth-order valence-electron chi connectivity index (χ4n) is 3.72. The molecule has 2 aromatic carbocycles. The van der Waals surface area contributed by atoms with Crippen LogP contribution in [-0.2, 0) is 12.8 Å². The molecule has 0 fully saturated rings. The number of carbonyl (C=O) groups excluding carboxylic acids is 2. The van der Waals surface area contributed by atoms with Crippen molar-refractivity contribution in [2.24, 2.45) is 0 Å². The highest BCUT2D eigenvalue weighted by Crippen LogP contribution is 2.48. The van der Waals surface area contributed by atoms with E-state index in [1.54, 1.807) is 0 Å². The van der Waals surface area contributed by atoms with Crippen molar-refractivity contribution in [1.82, 2.24) is 0 Å². The van der Waals surface area contributed by atoms with Crippen molar-refractivity contribution >= 4 is 11.6 Å². The molecule has 0 aliphatic heterocycles. The number of aliphatic hydroxyl groups is 1. The number of phenols is 5. The number of ether oxygens (including phenoxy) is 1. The number of phenolic OH excluding ortho intramolecular Hbond substituents is 5. The molecule has 178 valence electrons. The predicted octanol–water partition coefficient (Wildman–Crippen LogP) is 3.01. The van der Waals surface area contributed by atoms with Gasteiger partial charge in [0.25, 0.3) is 0 Å². The van der Waals surface area contributed by atoms with Gasteiger partial charge in [-0.15, -0.1) is 0 Å². The Balaban J connectivity index is 2.89. The van der Waals surface area contributed by atoms with E-state index in [0.717, 1.165) is 13.8 Å². The molecule has 0 aliphatic rings. The summed E-state index contributed by atoms with van der Waals surface area (Å²) >= 11 is 0. The van der Waals surface area contributed by atoms with Gasteiger partial charge in [0.15, 0.2) is 11.6 Å². The third-order valence-electron chi connectivity index (χ3n) is 5.57. The Morgan fingerprint density at radius 2 is 1.27 bits per heavy atom. The van der Waals surface area contributed by atoms with Gasteiger partial charge >= 0.3 is 0 Å². The number of hydrogen-bond acceptors (Lipinski definition) is 9. The first kappa shape index (κ1) is 25.5. The maximum absolute atomic E-state index is 12.2. The Labute approximate surface area is 190 Å². The summed E-state index contributed by atoms with van der Waals surface area (Å²) < 4.78 is 5.29. The van der Waals surface area contributed by atoms with E-state index in [1.807, 2.05) is 0 Å². The summed E-state index contributed by atoms with van der Waals surface area (Å²) in [6.07, 6.45) is -1.91. The Kier molecular flexibility index (Phi) is 7.29. The first-order valence-electron chi connectivity index (χ1n) is 10.0. The Morgan fingerprint density at radius 3 is 1.73 bits per heavy atom. The van der Waals surface area contributed by atoms with Crippen LogP contribution in [0.5, 0.6) is 34.5 Å². The number of carbonyl (C=O) groups is 2. The van der Waals surface area contributed by atoms with Crippen LogP contribution in [0.3, 0.4) is 0 Å². The number of rotatable bonds is 8. The third-order valence-corrected chi connectivity index (χ3v) is 5.57. The van der Waals surface area contributed by atoms with Crippen LogP contribution in [-0.4, -0.2) is 55.4 Å². The first-order valence-corrected chi connectivity index (χ1v) is 10.0. The number of ketones is 2. The molecule has 0 saturated carbocycles. The molecule has 0 spiro atoms. The van der Waals surface area contributed by atoms with E-state index in [4.69, 9.17) is 4.74 Å². The highest BCUT2D eigenvalue weighted by Gasteiger charge is 2.30. The molecule has 6 N–H and O–H groups in total. The third kappa shape index (κ3) is 4.45. The van der Waals surface area contributed by atoms with Gasteiger partial charge in [0, 0.05) is 35.1 Å². The molecule has 0 saturated heterocycles. The SMILES string of the molecule is C=C(C)[C@H](O)Cc1c(O)c(Cc2c(O)c(C(C)=O)c(O)c(C)c2OC)c(O)c(C(C)=O)c1O. The number of methoxy groups -OCH3 is 1. The maximum Gasteiger partial charge on any atom is 0.167 e. The molecule has 0 heterocycles. The van der Waals surface area contributed by atoms with E-state index < -0.39 is 58.4 Å². The summed E-state index contributed by atoms with van der Waals surface area (Å²) in [6, 6.07) is 0. The van der Waals surface area contributed by atoms with Gasteiger partial charge in [0.2, 0.25) is 0 Å². The smallest absolute Gasteiger partial charge is 0.167 e. The number of benzene rings is 2. The first-order chi connectivity index (χ1) is 15.3. The minimum Gasteiger partial charge on any atom is -0.507 e. The molecule has 0 bridgehead atoms. The highest BCUT2D eigenvalue weighted by molar-refractivity contribution is 6.02. The van der Waals surface area contributed by atoms with Crippen molar-refractivity contribution in [1.29, 1.82) is 0 Å². The van der Waals surface area contributed by atoms with E-state index in [9.17, 15) is 40.2 Å². The van der Waals surface area contributed by atoms with Crippen molar-refractivity contribution in [2.75, 3.05) is 7.11 Å². The minimum atomic E-state index is -1.16. The average Bonchev–Trinajstić information content (AvgIpc) is 2.71. The number of aliphatic hydroxyl groups excluding tert-OH is 1. The topological polar surface area (TPSA) is 165 Å². The fourth-order valence-corrected chi connectivity index (χ4v) is 3.72. The molecule has 0 radical (unpaired) electrons. The summed E-state index contributed by atoms with van der Waals surface area (Å²) in [5.41, 5.74) is -0.877. The zero-order valence-corrected chi connectivity index (χ0v) is 19.1. The monoisotopic (exact) mass is 460 g/mol. The second-order valence-corrected chi connectivity index (χ2v) is 7.94. The summed E-state index contributed by atoms with van der Waals surface area (Å²) in [6.45, 7) is 8.86. The number of aromatic hydroxyl groups is 5. The van der Waals surface area contributed by atoms with Crippen molar-refractivity contribution in [2.45, 2.75) is 46.6 Å². The Hall–Kier alpha value is -3.72. The molecular weight excluding hydrogens is 432 g/mol. The maximum atomic E-state index is 12.2. The van der Waals surface area contributed by atoms with Gasteiger partial charge < -0.3 is 35.4 Å². The average molecular weight is 460 g/mol.